The number of carboxylic acids is 1. The Morgan fingerprint density at radius 2 is 2.59 bits per heavy atom. The van der Waals surface area contributed by atoms with Crippen molar-refractivity contribution in [3.63, 3.8) is 0 Å². The molecule has 0 saturated carbocycles. The molecule has 1 aliphatic rings. The first-order valence-corrected chi connectivity index (χ1v) is 6.46. The molecule has 1 atom stereocenters. The lowest BCUT2D eigenvalue weighted by atomic mass is 10.0. The first kappa shape index (κ1) is 12.3. The Labute approximate surface area is 104 Å². The van der Waals surface area contributed by atoms with E-state index >= 15 is 0 Å². The molecule has 0 spiro atoms. The van der Waals surface area contributed by atoms with Gasteiger partial charge in [-0.15, -0.1) is 0 Å². The topological polar surface area (TPSA) is 62.7 Å². The highest BCUT2D eigenvalue weighted by molar-refractivity contribution is 7.17. The maximum absolute atomic E-state index is 10.8. The van der Waals surface area contributed by atoms with E-state index in [1.165, 1.54) is 24.0 Å². The summed E-state index contributed by atoms with van der Waals surface area (Å²) >= 11 is 1.21. The number of carbonyl (C=O) groups is 1. The van der Waals surface area contributed by atoms with Crippen LogP contribution in [0.5, 0.6) is 0 Å². The molecule has 0 amide bonds. The molecule has 1 aliphatic heterocycles. The molecule has 1 N–H and O–H groups in total. The third-order valence-electron chi connectivity index (χ3n) is 2.82. The van der Waals surface area contributed by atoms with Gasteiger partial charge in [0.15, 0.2) is 5.13 Å². The Hall–Kier alpha value is -1.14. The number of nitrogens with zero attached hydrogens (tertiary/aromatic N) is 2. The van der Waals surface area contributed by atoms with Crippen LogP contribution in [0.25, 0.3) is 0 Å². The average molecular weight is 256 g/mol. The molecule has 6 heteroatoms. The van der Waals surface area contributed by atoms with E-state index in [1.54, 1.807) is 0 Å². The predicted molar refractivity (Wildman–Crippen MR) is 65.9 cm³/mol. The summed E-state index contributed by atoms with van der Waals surface area (Å²) in [5.41, 5.74) is 0. The Morgan fingerprint density at radius 1 is 1.76 bits per heavy atom. The lowest BCUT2D eigenvalue weighted by Gasteiger charge is -2.26. The number of ether oxygens (including phenoxy) is 1. The normalized spacial score (nSPS) is 20.2. The first-order valence-electron chi connectivity index (χ1n) is 5.65. The molecule has 1 unspecified atom stereocenters. The molecular formula is C11H16N2O3S. The third kappa shape index (κ3) is 3.17. The Bertz CT molecular complexity index is 388. The monoisotopic (exact) mass is 256 g/mol. The van der Waals surface area contributed by atoms with E-state index in [1.807, 2.05) is 11.9 Å². The minimum Gasteiger partial charge on any atom is -0.477 e. The SMILES string of the molecule is CN(CC1CCCOC1)c1ncc(C(=O)O)s1. The number of anilines is 1. The summed E-state index contributed by atoms with van der Waals surface area (Å²) in [6.45, 7) is 2.52. The number of carboxylic acid groups (broad SMARTS) is 1. The smallest absolute Gasteiger partial charge is 0.347 e. The van der Waals surface area contributed by atoms with Gasteiger partial charge in [0.05, 0.1) is 12.8 Å². The van der Waals surface area contributed by atoms with Crippen LogP contribution in [0.3, 0.4) is 0 Å². The third-order valence-corrected chi connectivity index (χ3v) is 3.92. The zero-order valence-electron chi connectivity index (χ0n) is 9.76. The van der Waals surface area contributed by atoms with E-state index in [9.17, 15) is 4.79 Å². The van der Waals surface area contributed by atoms with Crippen LogP contribution in [0.4, 0.5) is 5.13 Å². The van der Waals surface area contributed by atoms with Crippen LogP contribution in [0.1, 0.15) is 22.5 Å². The fraction of sp³-hybridized carbons (Fsp3) is 0.636. The molecular weight excluding hydrogens is 240 g/mol. The first-order chi connectivity index (χ1) is 8.16. The number of aromatic carboxylic acids is 1. The molecule has 1 aromatic rings. The van der Waals surface area contributed by atoms with Gasteiger partial charge >= 0.3 is 5.97 Å². The predicted octanol–water partition coefficient (Wildman–Crippen LogP) is 1.70. The number of aromatic nitrogens is 1. The van der Waals surface area contributed by atoms with Crippen molar-refractivity contribution in [1.29, 1.82) is 0 Å². The van der Waals surface area contributed by atoms with Crippen LogP contribution >= 0.6 is 11.3 Å². The van der Waals surface area contributed by atoms with Crippen molar-refractivity contribution in [1.82, 2.24) is 4.98 Å². The lowest BCUT2D eigenvalue weighted by Crippen LogP contribution is -2.30. The number of rotatable bonds is 4. The van der Waals surface area contributed by atoms with Gasteiger partial charge in [-0.2, -0.15) is 0 Å². The van der Waals surface area contributed by atoms with Gasteiger partial charge in [-0.1, -0.05) is 11.3 Å². The van der Waals surface area contributed by atoms with E-state index in [0.29, 0.717) is 5.92 Å². The quantitative estimate of drug-likeness (QED) is 0.888. The van der Waals surface area contributed by atoms with Gasteiger partial charge in [0, 0.05) is 20.2 Å². The number of hydrogen-bond donors (Lipinski definition) is 1. The molecule has 94 valence electrons. The van der Waals surface area contributed by atoms with Crippen molar-refractivity contribution in [3.05, 3.63) is 11.1 Å². The summed E-state index contributed by atoms with van der Waals surface area (Å²) < 4.78 is 5.42. The van der Waals surface area contributed by atoms with Crippen LogP contribution in [0, 0.1) is 5.92 Å². The summed E-state index contributed by atoms with van der Waals surface area (Å²) in [5, 5.41) is 9.59. The van der Waals surface area contributed by atoms with Crippen LogP contribution in [0.15, 0.2) is 6.20 Å². The van der Waals surface area contributed by atoms with Crippen molar-refractivity contribution in [2.45, 2.75) is 12.8 Å². The highest BCUT2D eigenvalue weighted by Gasteiger charge is 2.18. The maximum Gasteiger partial charge on any atom is 0.347 e. The highest BCUT2D eigenvalue weighted by Crippen LogP contribution is 2.23. The standard InChI is InChI=1S/C11H16N2O3S/c1-13(6-8-3-2-4-16-7-8)11-12-5-9(17-11)10(14)15/h5,8H,2-4,6-7H2,1H3,(H,14,15). The summed E-state index contributed by atoms with van der Waals surface area (Å²) in [6, 6.07) is 0. The largest absolute Gasteiger partial charge is 0.477 e. The second kappa shape index (κ2) is 5.46. The number of thiazole rings is 1. The molecule has 2 rings (SSSR count). The molecule has 0 radical (unpaired) electrons. The zero-order valence-corrected chi connectivity index (χ0v) is 10.6. The fourth-order valence-corrected chi connectivity index (χ4v) is 2.68. The van der Waals surface area contributed by atoms with E-state index in [0.717, 1.165) is 31.3 Å². The molecule has 0 aliphatic carbocycles. The molecule has 17 heavy (non-hydrogen) atoms. The van der Waals surface area contributed by atoms with Crippen molar-refractivity contribution in [2.24, 2.45) is 5.92 Å². The van der Waals surface area contributed by atoms with Crippen LogP contribution < -0.4 is 4.90 Å². The second-order valence-electron chi connectivity index (χ2n) is 4.28. The Kier molecular flexibility index (Phi) is 3.96. The van der Waals surface area contributed by atoms with Crippen LogP contribution in [-0.4, -0.2) is 42.9 Å². The highest BCUT2D eigenvalue weighted by atomic mass is 32.1. The van der Waals surface area contributed by atoms with Gasteiger partial charge in [-0.05, 0) is 18.8 Å². The van der Waals surface area contributed by atoms with Crippen LogP contribution in [-0.2, 0) is 4.74 Å². The van der Waals surface area contributed by atoms with Gasteiger partial charge < -0.3 is 14.7 Å². The molecule has 1 fully saturated rings. The van der Waals surface area contributed by atoms with Crippen molar-refractivity contribution in [2.75, 3.05) is 31.7 Å². The average Bonchev–Trinajstić information content (AvgIpc) is 2.79. The molecule has 2 heterocycles. The van der Waals surface area contributed by atoms with Gasteiger partial charge in [0.1, 0.15) is 4.88 Å². The summed E-state index contributed by atoms with van der Waals surface area (Å²) in [4.78, 5) is 17.2. The summed E-state index contributed by atoms with van der Waals surface area (Å²) in [6.07, 6.45) is 3.69. The molecule has 0 aromatic carbocycles. The Morgan fingerprint density at radius 3 is 3.18 bits per heavy atom. The molecule has 0 bridgehead atoms. The summed E-state index contributed by atoms with van der Waals surface area (Å²) in [7, 11) is 1.94. The molecule has 5 nitrogen and oxygen atoms in total. The number of hydrogen-bond acceptors (Lipinski definition) is 5. The van der Waals surface area contributed by atoms with E-state index in [-0.39, 0.29) is 4.88 Å². The van der Waals surface area contributed by atoms with Crippen LogP contribution in [0.2, 0.25) is 0 Å². The summed E-state index contributed by atoms with van der Waals surface area (Å²) in [5.74, 6) is -0.394. The molecule has 1 aromatic heterocycles. The van der Waals surface area contributed by atoms with E-state index in [4.69, 9.17) is 9.84 Å². The fourth-order valence-electron chi connectivity index (χ4n) is 1.96. The minimum absolute atomic E-state index is 0.284. The lowest BCUT2D eigenvalue weighted by molar-refractivity contribution is 0.0576. The van der Waals surface area contributed by atoms with Crippen molar-refractivity contribution < 1.29 is 14.6 Å². The van der Waals surface area contributed by atoms with Crippen molar-refractivity contribution in [3.8, 4) is 0 Å². The zero-order chi connectivity index (χ0) is 12.3. The van der Waals surface area contributed by atoms with E-state index < -0.39 is 5.97 Å². The van der Waals surface area contributed by atoms with Gasteiger partial charge in [-0.3, -0.25) is 0 Å². The van der Waals surface area contributed by atoms with Gasteiger partial charge in [0.2, 0.25) is 0 Å². The maximum atomic E-state index is 10.8. The second-order valence-corrected chi connectivity index (χ2v) is 5.29. The minimum atomic E-state index is -0.914. The Balaban J connectivity index is 1.93. The van der Waals surface area contributed by atoms with Gasteiger partial charge in [-0.25, -0.2) is 9.78 Å². The van der Waals surface area contributed by atoms with E-state index in [2.05, 4.69) is 4.98 Å². The van der Waals surface area contributed by atoms with Crippen molar-refractivity contribution >= 4 is 22.4 Å². The molecule has 1 saturated heterocycles. The van der Waals surface area contributed by atoms with Gasteiger partial charge in [0.25, 0.3) is 0 Å².